The number of nitrogens with zero attached hydrogens (tertiary/aromatic N) is 3. The van der Waals surface area contributed by atoms with Gasteiger partial charge in [-0.25, -0.2) is 4.39 Å². The molecule has 0 aliphatic rings. The lowest BCUT2D eigenvalue weighted by Gasteiger charge is -2.13. The maximum atomic E-state index is 13.1. The summed E-state index contributed by atoms with van der Waals surface area (Å²) in [7, 11) is 0. The number of hydrogen-bond donors (Lipinski definition) is 1. The lowest BCUT2D eigenvalue weighted by atomic mass is 10.0. The molecule has 2 rings (SSSR count). The highest BCUT2D eigenvalue weighted by atomic mass is 127. The second-order valence-corrected chi connectivity index (χ2v) is 5.58. The average molecular weight is 396 g/mol. The van der Waals surface area contributed by atoms with Crippen LogP contribution in [-0.2, 0) is 12.8 Å². The van der Waals surface area contributed by atoms with E-state index in [1.807, 2.05) is 36.4 Å². The standard InChI is InChI=1S/C15H14FIN4/c1-3-10-11(8-18)15(21-20-13(10)4-2)19-14-6-5-9(16)7-12(14)17/h5-7H,3-4H2,1-2H3,(H,19,21). The lowest BCUT2D eigenvalue weighted by molar-refractivity contribution is 0.627. The average Bonchev–Trinajstić information content (AvgIpc) is 2.49. The van der Waals surface area contributed by atoms with E-state index in [9.17, 15) is 9.65 Å². The van der Waals surface area contributed by atoms with Crippen molar-refractivity contribution in [2.24, 2.45) is 0 Å². The van der Waals surface area contributed by atoms with E-state index in [2.05, 4.69) is 21.6 Å². The summed E-state index contributed by atoms with van der Waals surface area (Å²) in [6.45, 7) is 3.97. The van der Waals surface area contributed by atoms with E-state index in [-0.39, 0.29) is 5.82 Å². The monoisotopic (exact) mass is 396 g/mol. The molecule has 2 aromatic rings. The first kappa shape index (κ1) is 15.6. The first-order valence-corrected chi connectivity index (χ1v) is 7.69. The maximum absolute atomic E-state index is 13.1. The van der Waals surface area contributed by atoms with Crippen LogP contribution in [0.4, 0.5) is 15.9 Å². The minimum Gasteiger partial charge on any atom is -0.337 e. The highest BCUT2D eigenvalue weighted by molar-refractivity contribution is 14.1. The molecule has 1 aromatic heterocycles. The molecule has 0 saturated heterocycles. The molecular formula is C15H14FIN4. The Morgan fingerprint density at radius 2 is 2.05 bits per heavy atom. The summed E-state index contributed by atoms with van der Waals surface area (Å²) in [5, 5.41) is 20.8. The van der Waals surface area contributed by atoms with E-state index >= 15 is 0 Å². The van der Waals surface area contributed by atoms with Gasteiger partial charge in [0.1, 0.15) is 17.4 Å². The van der Waals surface area contributed by atoms with E-state index in [0.717, 1.165) is 27.7 Å². The van der Waals surface area contributed by atoms with Crippen LogP contribution in [0.15, 0.2) is 18.2 Å². The molecule has 108 valence electrons. The fourth-order valence-electron chi connectivity index (χ4n) is 2.10. The maximum Gasteiger partial charge on any atom is 0.171 e. The smallest absolute Gasteiger partial charge is 0.171 e. The molecule has 0 bridgehead atoms. The van der Waals surface area contributed by atoms with Gasteiger partial charge in [-0.1, -0.05) is 13.8 Å². The highest BCUT2D eigenvalue weighted by Gasteiger charge is 2.15. The van der Waals surface area contributed by atoms with E-state index in [4.69, 9.17) is 0 Å². The Labute approximate surface area is 136 Å². The summed E-state index contributed by atoms with van der Waals surface area (Å²) >= 11 is 2.04. The Kier molecular flexibility index (Phi) is 5.07. The largest absolute Gasteiger partial charge is 0.337 e. The second-order valence-electron chi connectivity index (χ2n) is 4.42. The van der Waals surface area contributed by atoms with Crippen LogP contribution in [0, 0.1) is 20.7 Å². The number of aromatic nitrogens is 2. The molecule has 0 aliphatic heterocycles. The van der Waals surface area contributed by atoms with Gasteiger partial charge in [0.2, 0.25) is 0 Å². The van der Waals surface area contributed by atoms with E-state index < -0.39 is 0 Å². The summed E-state index contributed by atoms with van der Waals surface area (Å²) in [6.07, 6.45) is 1.45. The van der Waals surface area contributed by atoms with Gasteiger partial charge in [0.25, 0.3) is 0 Å². The predicted molar refractivity (Wildman–Crippen MR) is 87.9 cm³/mol. The van der Waals surface area contributed by atoms with Crippen molar-refractivity contribution in [2.75, 3.05) is 5.32 Å². The quantitative estimate of drug-likeness (QED) is 0.795. The molecule has 6 heteroatoms. The molecule has 0 aliphatic carbocycles. The van der Waals surface area contributed by atoms with Crippen LogP contribution >= 0.6 is 22.6 Å². The SMILES string of the molecule is CCc1nnc(Nc2ccc(F)cc2I)c(C#N)c1CC. The number of rotatable bonds is 4. The normalized spacial score (nSPS) is 10.2. The zero-order valence-corrected chi connectivity index (χ0v) is 13.9. The molecule has 0 saturated carbocycles. The number of nitrogens with one attached hydrogen (secondary N) is 1. The van der Waals surface area contributed by atoms with E-state index in [0.29, 0.717) is 17.1 Å². The Balaban J connectivity index is 2.47. The third-order valence-corrected chi connectivity index (χ3v) is 4.03. The van der Waals surface area contributed by atoms with Gasteiger partial charge in [-0.3, -0.25) is 0 Å². The van der Waals surface area contributed by atoms with Crippen LogP contribution in [0.25, 0.3) is 0 Å². The molecule has 1 aromatic carbocycles. The summed E-state index contributed by atoms with van der Waals surface area (Å²) in [5.74, 6) is 0.114. The van der Waals surface area contributed by atoms with Crippen LogP contribution < -0.4 is 5.32 Å². The molecule has 0 unspecified atom stereocenters. The minimum absolute atomic E-state index is 0.299. The Bertz CT molecular complexity index is 710. The van der Waals surface area contributed by atoms with Crippen molar-refractivity contribution in [3.05, 3.63) is 44.4 Å². The molecule has 1 N–H and O–H groups in total. The van der Waals surface area contributed by atoms with Crippen LogP contribution in [0.5, 0.6) is 0 Å². The van der Waals surface area contributed by atoms with Crippen molar-refractivity contribution >= 4 is 34.1 Å². The van der Waals surface area contributed by atoms with Crippen molar-refractivity contribution in [3.63, 3.8) is 0 Å². The van der Waals surface area contributed by atoms with Gasteiger partial charge in [-0.2, -0.15) is 10.4 Å². The van der Waals surface area contributed by atoms with E-state index in [1.165, 1.54) is 12.1 Å². The first-order valence-electron chi connectivity index (χ1n) is 6.61. The molecule has 0 spiro atoms. The van der Waals surface area contributed by atoms with Gasteiger partial charge in [-0.05, 0) is 59.2 Å². The number of halogens is 2. The van der Waals surface area contributed by atoms with Gasteiger partial charge in [0.05, 0.1) is 11.4 Å². The molecule has 0 radical (unpaired) electrons. The molecule has 21 heavy (non-hydrogen) atoms. The minimum atomic E-state index is -0.299. The van der Waals surface area contributed by atoms with Crippen LogP contribution in [0.3, 0.4) is 0 Å². The zero-order valence-electron chi connectivity index (χ0n) is 11.7. The van der Waals surface area contributed by atoms with Crippen molar-refractivity contribution in [1.29, 1.82) is 5.26 Å². The van der Waals surface area contributed by atoms with Gasteiger partial charge in [-0.15, -0.1) is 5.10 Å². The fourth-order valence-corrected chi connectivity index (χ4v) is 2.71. The molecular weight excluding hydrogens is 382 g/mol. The molecule has 1 heterocycles. The predicted octanol–water partition coefficient (Wildman–Crippen LogP) is 3.96. The Hall–Kier alpha value is -1.75. The molecule has 0 atom stereocenters. The van der Waals surface area contributed by atoms with Gasteiger partial charge >= 0.3 is 0 Å². The van der Waals surface area contributed by atoms with Gasteiger partial charge in [0, 0.05) is 3.57 Å². The Morgan fingerprint density at radius 3 is 2.62 bits per heavy atom. The molecule has 0 amide bonds. The Morgan fingerprint density at radius 1 is 1.29 bits per heavy atom. The number of benzene rings is 1. The van der Waals surface area contributed by atoms with Crippen molar-refractivity contribution in [3.8, 4) is 6.07 Å². The van der Waals surface area contributed by atoms with Gasteiger partial charge < -0.3 is 5.32 Å². The third kappa shape index (κ3) is 3.29. The summed E-state index contributed by atoms with van der Waals surface area (Å²) in [4.78, 5) is 0. The highest BCUT2D eigenvalue weighted by Crippen LogP contribution is 2.26. The third-order valence-electron chi connectivity index (χ3n) is 3.14. The summed E-state index contributed by atoms with van der Waals surface area (Å²) in [5.41, 5.74) is 2.96. The topological polar surface area (TPSA) is 61.6 Å². The van der Waals surface area contributed by atoms with Crippen LogP contribution in [-0.4, -0.2) is 10.2 Å². The van der Waals surface area contributed by atoms with Crippen LogP contribution in [0.2, 0.25) is 0 Å². The summed E-state index contributed by atoms with van der Waals surface area (Å²) in [6, 6.07) is 6.61. The zero-order chi connectivity index (χ0) is 15.4. The molecule has 0 fully saturated rings. The van der Waals surface area contributed by atoms with Crippen molar-refractivity contribution in [1.82, 2.24) is 10.2 Å². The molecule has 4 nitrogen and oxygen atoms in total. The van der Waals surface area contributed by atoms with E-state index in [1.54, 1.807) is 6.07 Å². The second kappa shape index (κ2) is 6.80. The number of hydrogen-bond acceptors (Lipinski definition) is 4. The van der Waals surface area contributed by atoms with Crippen molar-refractivity contribution in [2.45, 2.75) is 26.7 Å². The fraction of sp³-hybridized carbons (Fsp3) is 0.267. The first-order chi connectivity index (χ1) is 10.1. The van der Waals surface area contributed by atoms with Gasteiger partial charge in [0.15, 0.2) is 5.82 Å². The van der Waals surface area contributed by atoms with Crippen molar-refractivity contribution < 1.29 is 4.39 Å². The van der Waals surface area contributed by atoms with Crippen LogP contribution in [0.1, 0.15) is 30.7 Å². The summed E-state index contributed by atoms with van der Waals surface area (Å²) < 4.78 is 13.9. The number of aryl methyl sites for hydroxylation is 1. The number of nitriles is 1. The lowest BCUT2D eigenvalue weighted by Crippen LogP contribution is -2.07. The number of anilines is 2.